The number of aliphatic hydroxyl groups is 1. The molecule has 510 valence electrons. The van der Waals surface area contributed by atoms with Crippen LogP contribution in [0.1, 0.15) is 178 Å². The van der Waals surface area contributed by atoms with Gasteiger partial charge in [0, 0.05) is 104 Å². The van der Waals surface area contributed by atoms with E-state index in [2.05, 4.69) is 58.6 Å². The third kappa shape index (κ3) is 30.8. The Balaban J connectivity index is 0.951. The van der Waals surface area contributed by atoms with Gasteiger partial charge in [0.25, 0.3) is 0 Å². The molecule has 2 aliphatic rings. The number of piperazine rings is 2. The Labute approximate surface area is 543 Å². The normalized spacial score (nSPS) is 14.1. The second kappa shape index (κ2) is 46.8. The van der Waals surface area contributed by atoms with E-state index < -0.39 is 18.1 Å². The summed E-state index contributed by atoms with van der Waals surface area (Å²) >= 11 is 1.78. The Bertz CT molecular complexity index is 2540. The molecule has 2 aliphatic heterocycles. The molecule has 5 rings (SSSR count). The molecule has 2 fully saturated rings. The molecule has 0 bridgehead atoms. The summed E-state index contributed by atoms with van der Waals surface area (Å²) in [7, 11) is 0. The number of hydrogen-bond donors (Lipinski definition) is 6. The van der Waals surface area contributed by atoms with Crippen LogP contribution >= 0.6 is 11.8 Å². The van der Waals surface area contributed by atoms with Crippen LogP contribution in [0.2, 0.25) is 0 Å². The van der Waals surface area contributed by atoms with Crippen LogP contribution in [0, 0.1) is 12.3 Å². The largest absolute Gasteiger partial charge is 0.481 e. The zero-order chi connectivity index (χ0) is 64.9. The van der Waals surface area contributed by atoms with Gasteiger partial charge >= 0.3 is 5.97 Å². The van der Waals surface area contributed by atoms with Gasteiger partial charge in [-0.2, -0.15) is 26.7 Å². The number of amides is 4. The highest BCUT2D eigenvalue weighted by molar-refractivity contribution is 7.98. The molecule has 3 aromatic heterocycles. The van der Waals surface area contributed by atoms with Gasteiger partial charge in [-0.15, -0.1) is 16.6 Å². The number of aliphatic carboxylic acids is 1. The fraction of sp³-hybridized carbons (Fsp3) is 0.778. The van der Waals surface area contributed by atoms with Crippen molar-refractivity contribution in [1.29, 1.82) is 0 Å². The molecule has 28 heteroatoms. The number of carbonyl (C=O) groups excluding carboxylic acids is 4. The lowest BCUT2D eigenvalue weighted by Gasteiger charge is -2.36. The highest BCUT2D eigenvalue weighted by Crippen LogP contribution is 2.22. The summed E-state index contributed by atoms with van der Waals surface area (Å²) in [5.74, 6) is 3.87. The second-order valence-electron chi connectivity index (χ2n) is 23.4. The van der Waals surface area contributed by atoms with E-state index in [4.69, 9.17) is 41.3 Å². The van der Waals surface area contributed by atoms with Gasteiger partial charge in [0.05, 0.1) is 51.0 Å². The third-order valence-electron chi connectivity index (χ3n) is 16.2. The van der Waals surface area contributed by atoms with Crippen LogP contribution in [0.3, 0.4) is 0 Å². The number of unbranched alkanes of at least 4 members (excludes halogenated alkanes) is 16. The number of aryl methyl sites for hydroxylation is 2. The molecule has 0 saturated carbocycles. The van der Waals surface area contributed by atoms with Crippen molar-refractivity contribution in [3.63, 3.8) is 0 Å². The van der Waals surface area contributed by atoms with Crippen molar-refractivity contribution in [2.24, 2.45) is 5.73 Å². The first-order valence-electron chi connectivity index (χ1n) is 33.6. The number of aliphatic hydroxyl groups excluding tert-OH is 1. The van der Waals surface area contributed by atoms with Crippen molar-refractivity contribution < 1.29 is 48.4 Å². The van der Waals surface area contributed by atoms with Crippen molar-refractivity contribution in [1.82, 2.24) is 65.4 Å². The van der Waals surface area contributed by atoms with Gasteiger partial charge in [0.1, 0.15) is 12.6 Å². The Morgan fingerprint density at radius 1 is 0.582 bits per heavy atom. The molecule has 2 saturated heterocycles. The number of aromatic nitrogens is 9. The van der Waals surface area contributed by atoms with E-state index in [0.717, 1.165) is 158 Å². The summed E-state index contributed by atoms with van der Waals surface area (Å²) in [6.07, 6.45) is 33.2. The molecule has 0 aliphatic carbocycles. The first-order valence-corrected chi connectivity index (χ1v) is 35.0. The summed E-state index contributed by atoms with van der Waals surface area (Å²) in [6.45, 7) is 8.85. The molecular weight excluding hydrogens is 1190 g/mol. The minimum absolute atomic E-state index is 0.139. The van der Waals surface area contributed by atoms with E-state index in [0.29, 0.717) is 142 Å². The van der Waals surface area contributed by atoms with Crippen LogP contribution in [0.4, 0.5) is 17.8 Å². The van der Waals surface area contributed by atoms with Crippen LogP contribution in [0.5, 0.6) is 0 Å². The van der Waals surface area contributed by atoms with E-state index in [1.54, 1.807) is 24.2 Å². The summed E-state index contributed by atoms with van der Waals surface area (Å²) in [4.78, 5) is 86.7. The summed E-state index contributed by atoms with van der Waals surface area (Å²) in [5, 5.41) is 45.0. The van der Waals surface area contributed by atoms with Gasteiger partial charge < -0.3 is 65.7 Å². The number of ether oxygens (including phenoxy) is 3. The maximum absolute atomic E-state index is 13.4. The number of nitrogens with zero attached hydrogens (tertiary/aromatic N) is 13. The highest BCUT2D eigenvalue weighted by atomic mass is 32.2. The van der Waals surface area contributed by atoms with Crippen molar-refractivity contribution in [3.8, 4) is 12.3 Å². The lowest BCUT2D eigenvalue weighted by Crippen LogP contribution is -2.50. The van der Waals surface area contributed by atoms with Gasteiger partial charge in [-0.1, -0.05) is 99.8 Å². The topological polar surface area (TPSA) is 329 Å². The molecule has 5 heterocycles. The van der Waals surface area contributed by atoms with Gasteiger partial charge in [-0.3, -0.25) is 24.0 Å². The standard InChI is InChI=1S/C63H107N17O10S/c1-3-42-88-44-46-90-47-45-89-43-33-67-61-68-62(70-63(69-61)78-40-36-76(37-41-78)57(83)27-19-13-9-5-7-11-15-22-32-66-60(87)55(51-81)80-50-53(72-74-80)25-23-48-91-2)77-38-34-75(35-39-77)56(82)26-18-12-8-4-6-10-14-21-31-65-59(86)54(28-29-58(84)85)79-49-52(71-73-79)24-17-16-20-30-64/h1,49-50,54-55,81H,4-48,51,64H2,2H3,(H,65,86)(H,66,87)(H,84,85)(H,67,68,69,70). The fourth-order valence-electron chi connectivity index (χ4n) is 10.8. The number of carboxylic acid groups (broad SMARTS) is 1. The van der Waals surface area contributed by atoms with Crippen LogP contribution < -0.4 is 31.5 Å². The smallest absolute Gasteiger partial charge is 0.303 e. The van der Waals surface area contributed by atoms with Crippen molar-refractivity contribution >= 4 is 59.2 Å². The minimum atomic E-state index is -0.960. The second-order valence-corrected chi connectivity index (χ2v) is 24.3. The quantitative estimate of drug-likeness (QED) is 0.0320. The van der Waals surface area contributed by atoms with Crippen LogP contribution in [-0.4, -0.2) is 231 Å². The summed E-state index contributed by atoms with van der Waals surface area (Å²) in [6, 6.07) is -1.50. The van der Waals surface area contributed by atoms with Gasteiger partial charge in [0.15, 0.2) is 6.04 Å². The number of rotatable bonds is 52. The summed E-state index contributed by atoms with van der Waals surface area (Å²) < 4.78 is 19.5. The number of nitrogens with one attached hydrogen (secondary N) is 3. The molecular formula is C63H107N17O10S. The van der Waals surface area contributed by atoms with Gasteiger partial charge in [-0.05, 0) is 82.8 Å². The van der Waals surface area contributed by atoms with Gasteiger partial charge in [-0.25, -0.2) is 9.36 Å². The number of terminal acetylenes is 1. The first kappa shape index (κ1) is 75.5. The zero-order valence-corrected chi connectivity index (χ0v) is 55.2. The van der Waals surface area contributed by atoms with Crippen molar-refractivity contribution in [3.05, 3.63) is 23.8 Å². The molecule has 0 aromatic carbocycles. The van der Waals surface area contributed by atoms with E-state index in [1.165, 1.54) is 9.36 Å². The Kier molecular flexibility index (Phi) is 38.8. The van der Waals surface area contributed by atoms with E-state index in [9.17, 15) is 34.2 Å². The fourth-order valence-corrected chi connectivity index (χ4v) is 11.3. The van der Waals surface area contributed by atoms with Crippen molar-refractivity contribution in [2.45, 2.75) is 179 Å². The number of nitrogens with two attached hydrogens (primary N) is 1. The highest BCUT2D eigenvalue weighted by Gasteiger charge is 2.28. The first-order chi connectivity index (χ1) is 44.5. The predicted molar refractivity (Wildman–Crippen MR) is 352 cm³/mol. The average Bonchev–Trinajstić information content (AvgIpc) is 3.60. The molecule has 91 heavy (non-hydrogen) atoms. The number of hydrogen-bond acceptors (Lipinski definition) is 21. The molecule has 0 spiro atoms. The van der Waals surface area contributed by atoms with E-state index in [-0.39, 0.29) is 49.7 Å². The molecule has 3 aromatic rings. The van der Waals surface area contributed by atoms with E-state index >= 15 is 0 Å². The Morgan fingerprint density at radius 3 is 1.54 bits per heavy atom. The van der Waals surface area contributed by atoms with E-state index in [1.807, 2.05) is 9.80 Å². The van der Waals surface area contributed by atoms with Crippen LogP contribution in [-0.2, 0) is 51.0 Å². The number of carboxylic acids is 1. The molecule has 0 radical (unpaired) electrons. The third-order valence-corrected chi connectivity index (χ3v) is 16.9. The maximum Gasteiger partial charge on any atom is 0.303 e. The maximum atomic E-state index is 13.4. The predicted octanol–water partition coefficient (Wildman–Crippen LogP) is 5.01. The SMILES string of the molecule is C#CCOCCOCCOCCNc1nc(N2CCN(C(=O)CCCCCCCCCCNC(=O)C(CO)n3cc(CCCSC)nn3)CC2)nc(N2CCN(C(=O)CCCCCCCCCCNC(=O)C(CCC(=O)O)n3cc(CCCCCN)nn3)CC2)n1. The molecule has 2 atom stereocenters. The number of carbonyl (C=O) groups is 5. The molecule has 4 amide bonds. The Hall–Kier alpha value is -6.25. The average molecular weight is 1290 g/mol. The van der Waals surface area contributed by atoms with Crippen LogP contribution in [0.15, 0.2) is 12.4 Å². The monoisotopic (exact) mass is 1290 g/mol. The molecule has 2 unspecified atom stereocenters. The zero-order valence-electron chi connectivity index (χ0n) is 54.4. The van der Waals surface area contributed by atoms with Crippen molar-refractivity contribution in [2.75, 3.05) is 152 Å². The number of thioether (sulfide) groups is 1. The summed E-state index contributed by atoms with van der Waals surface area (Å²) in [5.41, 5.74) is 7.20. The molecule has 27 nitrogen and oxygen atoms in total. The minimum Gasteiger partial charge on any atom is -0.481 e. The number of anilines is 3. The molecule has 7 N–H and O–H groups in total. The van der Waals surface area contributed by atoms with Crippen LogP contribution in [0.25, 0.3) is 0 Å². The lowest BCUT2D eigenvalue weighted by molar-refractivity contribution is -0.137. The Morgan fingerprint density at radius 2 is 1.04 bits per heavy atom. The van der Waals surface area contributed by atoms with Gasteiger partial charge in [0.2, 0.25) is 41.5 Å². The lowest BCUT2D eigenvalue weighted by atomic mass is 10.1.